The van der Waals surface area contributed by atoms with Gasteiger partial charge in [-0.1, -0.05) is 18.2 Å². The first-order chi connectivity index (χ1) is 29.8. The number of carbonyl (C=O) groups excluding carboxylic acids is 4. The molecule has 7 rings (SSSR count). The molecular formula is C41H42FNO20. The zero-order chi connectivity index (χ0) is 45.8. The molecule has 3 aromatic rings. The van der Waals surface area contributed by atoms with Gasteiger partial charge in [0.05, 0.1) is 42.0 Å². The lowest BCUT2D eigenvalue weighted by Crippen LogP contribution is -2.61. The molecule has 22 heteroatoms. The number of halogens is 1. The maximum atomic E-state index is 15.0. The molecule has 4 aliphatic rings. The summed E-state index contributed by atoms with van der Waals surface area (Å²) in [7, 11) is 1.27. The van der Waals surface area contributed by atoms with Crippen LogP contribution in [0.15, 0.2) is 36.4 Å². The van der Waals surface area contributed by atoms with Gasteiger partial charge in [-0.05, 0) is 30.7 Å². The summed E-state index contributed by atoms with van der Waals surface area (Å²) < 4.78 is 47.8. The van der Waals surface area contributed by atoms with Gasteiger partial charge in [-0.3, -0.25) is 14.4 Å². The number of amides is 1. The van der Waals surface area contributed by atoms with Crippen molar-refractivity contribution in [2.45, 2.75) is 99.7 Å². The van der Waals surface area contributed by atoms with E-state index >= 15 is 4.39 Å². The van der Waals surface area contributed by atoms with Crippen LogP contribution >= 0.6 is 0 Å². The number of hydrogen-bond donors (Lipinski definition) is 10. The summed E-state index contributed by atoms with van der Waals surface area (Å²) in [5.74, 6) is -7.78. The van der Waals surface area contributed by atoms with E-state index in [1.54, 1.807) is 0 Å². The molecule has 3 aromatic carbocycles. The van der Waals surface area contributed by atoms with E-state index in [-0.39, 0.29) is 40.0 Å². The molecule has 0 spiro atoms. The summed E-state index contributed by atoms with van der Waals surface area (Å²) in [5.41, 5.74) is -4.49. The second-order valence-corrected chi connectivity index (χ2v) is 15.4. The Hall–Kier alpha value is -5.82. The van der Waals surface area contributed by atoms with E-state index in [0.29, 0.717) is 0 Å². The number of benzene rings is 3. The number of nitrogens with one attached hydrogen (secondary N) is 1. The number of phenols is 2. The molecule has 2 saturated heterocycles. The maximum absolute atomic E-state index is 15.0. The Morgan fingerprint density at radius 3 is 2.30 bits per heavy atom. The van der Waals surface area contributed by atoms with E-state index in [1.165, 1.54) is 38.3 Å². The maximum Gasteiger partial charge on any atom is 0.407 e. The van der Waals surface area contributed by atoms with Crippen LogP contribution in [0, 0.1) is 5.82 Å². The topological polar surface area (TPSA) is 335 Å². The first-order valence-corrected chi connectivity index (χ1v) is 19.3. The molecule has 2 heterocycles. The molecule has 0 radical (unpaired) electrons. The molecule has 338 valence electrons. The van der Waals surface area contributed by atoms with Gasteiger partial charge in [0.2, 0.25) is 12.1 Å². The number of carbonyl (C=O) groups is 5. The van der Waals surface area contributed by atoms with Crippen LogP contribution in [-0.2, 0) is 41.6 Å². The van der Waals surface area contributed by atoms with E-state index in [1.807, 2.05) is 0 Å². The number of phenolic OH excluding ortho intramolecular Hbond substituents is 2. The van der Waals surface area contributed by atoms with Crippen LogP contribution in [0.4, 0.5) is 9.18 Å². The van der Waals surface area contributed by atoms with Crippen LogP contribution in [0.25, 0.3) is 0 Å². The zero-order valence-electron chi connectivity index (χ0n) is 33.2. The quantitative estimate of drug-likeness (QED) is 0.0839. The third-order valence-corrected chi connectivity index (χ3v) is 11.5. The predicted octanol–water partition coefficient (Wildman–Crippen LogP) is -0.621. The molecule has 63 heavy (non-hydrogen) atoms. The number of carboxylic acid groups (broad SMARTS) is 1. The molecule has 1 amide bonds. The minimum absolute atomic E-state index is 0.00863. The van der Waals surface area contributed by atoms with Gasteiger partial charge >= 0.3 is 12.1 Å². The Labute approximate surface area is 354 Å². The smallest absolute Gasteiger partial charge is 0.407 e. The number of Topliss-reactive ketones (excluding diaryl/α,β-unsaturated/α-hetero) is 1. The van der Waals surface area contributed by atoms with E-state index in [4.69, 9.17) is 28.4 Å². The summed E-state index contributed by atoms with van der Waals surface area (Å²) in [6.45, 7) is -0.273. The number of ether oxygens (including phenoxy) is 6. The highest BCUT2D eigenvalue weighted by Gasteiger charge is 2.51. The summed E-state index contributed by atoms with van der Waals surface area (Å²) in [5, 5.41) is 97.4. The van der Waals surface area contributed by atoms with Gasteiger partial charge in [0.1, 0.15) is 60.5 Å². The number of ketones is 3. The molecule has 0 saturated carbocycles. The van der Waals surface area contributed by atoms with Crippen molar-refractivity contribution in [3.05, 3.63) is 81.2 Å². The van der Waals surface area contributed by atoms with Crippen molar-refractivity contribution >= 4 is 29.4 Å². The number of fused-ring (bicyclic) bond motifs is 3. The normalized spacial score (nSPS) is 30.0. The summed E-state index contributed by atoms with van der Waals surface area (Å²) in [4.78, 5) is 65.0. The molecule has 2 aliphatic carbocycles. The Morgan fingerprint density at radius 1 is 0.921 bits per heavy atom. The van der Waals surface area contributed by atoms with Crippen LogP contribution in [0.1, 0.15) is 74.4 Å². The number of rotatable bonds is 11. The lowest BCUT2D eigenvalue weighted by molar-refractivity contribution is -0.271. The highest BCUT2D eigenvalue weighted by molar-refractivity contribution is 6.31. The monoisotopic (exact) mass is 887 g/mol. The van der Waals surface area contributed by atoms with Crippen LogP contribution in [-0.4, -0.2) is 150 Å². The molecule has 2 aliphatic heterocycles. The number of aromatic hydroxyl groups is 2. The van der Waals surface area contributed by atoms with Crippen molar-refractivity contribution in [2.75, 3.05) is 13.7 Å². The number of aliphatic hydroxyl groups is 6. The van der Waals surface area contributed by atoms with Gasteiger partial charge in [-0.25, -0.2) is 14.0 Å². The first-order valence-electron chi connectivity index (χ1n) is 19.3. The Balaban J connectivity index is 1.07. The van der Waals surface area contributed by atoms with Gasteiger partial charge in [0.25, 0.3) is 0 Å². The average molecular weight is 888 g/mol. The van der Waals surface area contributed by atoms with E-state index in [9.17, 15) is 69.9 Å². The minimum Gasteiger partial charge on any atom is -0.507 e. The average Bonchev–Trinajstić information content (AvgIpc) is 3.24. The summed E-state index contributed by atoms with van der Waals surface area (Å²) in [6, 6.07) is 6.16. The number of carboxylic acids is 1. The van der Waals surface area contributed by atoms with Gasteiger partial charge in [0, 0.05) is 36.0 Å². The van der Waals surface area contributed by atoms with Gasteiger partial charge in [0.15, 0.2) is 35.5 Å². The Kier molecular flexibility index (Phi) is 12.5. The number of aliphatic carboxylic acids is 1. The van der Waals surface area contributed by atoms with Crippen LogP contribution in [0.5, 0.6) is 23.0 Å². The Morgan fingerprint density at radius 2 is 1.63 bits per heavy atom. The summed E-state index contributed by atoms with van der Waals surface area (Å²) >= 11 is 0. The van der Waals surface area contributed by atoms with Gasteiger partial charge in [-0.2, -0.15) is 0 Å². The SMILES string of the molecule is COc1cccc2c1C(=O)c1c(O)c3c(c(O)c1C2=O)C[C@@](O)(C(=O)CO)C[C@@H]3O[C@H]1C[C@@H](NC(=O)OCc2ccc(O[C@@H]3O[C@@H](C(=O)O)[C@@H](O)[C@H](O)[C@@H]3O)c(F)c2)[C@H](O)[C@H](C)O1. The fourth-order valence-electron chi connectivity index (χ4n) is 8.20. The van der Waals surface area contributed by atoms with Crippen LogP contribution in [0.2, 0.25) is 0 Å². The summed E-state index contributed by atoms with van der Waals surface area (Å²) in [6.07, 6.45) is -18.1. The minimum atomic E-state index is -2.43. The molecule has 10 N–H and O–H groups in total. The highest BCUT2D eigenvalue weighted by Crippen LogP contribution is 2.52. The molecule has 2 fully saturated rings. The zero-order valence-corrected chi connectivity index (χ0v) is 33.2. The highest BCUT2D eigenvalue weighted by atomic mass is 19.1. The van der Waals surface area contributed by atoms with Crippen molar-refractivity contribution < 1.29 is 103 Å². The van der Waals surface area contributed by atoms with Crippen molar-refractivity contribution in [1.29, 1.82) is 0 Å². The van der Waals surface area contributed by atoms with Crippen molar-refractivity contribution in [3.63, 3.8) is 0 Å². The standard InChI is InChI=1S/C41H42FNO20/c1-14-29(46)19(43-40(56)59-13-15-6-7-20(18(42)8-15)62-39-36(53)34(51)35(52)37(63-39)38(54)55)9-24(60-14)61-22-11-41(57,23(45)12-44)10-17-26(22)33(50)28-27(31(17)48)30(47)16-4-3-5-21(58-2)25(16)32(28)49/h3-8,14,19,22,24,29,34-37,39,44,46,48,50-53,57H,9-13H2,1-2H3,(H,43,56)(H,54,55)/t14-,19+,22-,24-,29+,34-,35-,36-,37+,39+,41-/m0/s1. The first kappa shape index (κ1) is 45.2. The Bertz CT molecular complexity index is 2360. The lowest BCUT2D eigenvalue weighted by atomic mass is 9.72. The molecule has 0 bridgehead atoms. The van der Waals surface area contributed by atoms with Gasteiger partial charge in [-0.15, -0.1) is 0 Å². The third kappa shape index (κ3) is 8.16. The van der Waals surface area contributed by atoms with Gasteiger partial charge < -0.3 is 79.7 Å². The molecular weight excluding hydrogens is 845 g/mol. The largest absolute Gasteiger partial charge is 0.507 e. The molecule has 0 aromatic heterocycles. The number of aliphatic hydroxyl groups excluding tert-OH is 5. The van der Waals surface area contributed by atoms with Crippen molar-refractivity contribution in [1.82, 2.24) is 5.32 Å². The van der Waals surface area contributed by atoms with E-state index in [0.717, 1.165) is 12.1 Å². The van der Waals surface area contributed by atoms with E-state index < -0.39 is 157 Å². The molecule has 0 unspecified atom stereocenters. The fraction of sp³-hybridized carbons (Fsp3) is 0.439. The fourth-order valence-corrected chi connectivity index (χ4v) is 8.20. The van der Waals surface area contributed by atoms with Crippen LogP contribution in [0.3, 0.4) is 0 Å². The number of alkyl carbamates (subject to hydrolysis) is 1. The van der Waals surface area contributed by atoms with E-state index in [2.05, 4.69) is 5.32 Å². The lowest BCUT2D eigenvalue weighted by Gasteiger charge is -2.42. The second-order valence-electron chi connectivity index (χ2n) is 15.4. The van der Waals surface area contributed by atoms with Crippen molar-refractivity contribution in [2.24, 2.45) is 0 Å². The third-order valence-electron chi connectivity index (χ3n) is 11.5. The second kappa shape index (κ2) is 17.4. The van der Waals surface area contributed by atoms with Crippen molar-refractivity contribution in [3.8, 4) is 23.0 Å². The predicted molar refractivity (Wildman–Crippen MR) is 202 cm³/mol. The molecule has 11 atom stereocenters. The number of methoxy groups -OCH3 is 1. The van der Waals surface area contributed by atoms with Crippen LogP contribution < -0.4 is 14.8 Å². The number of hydrogen-bond acceptors (Lipinski definition) is 19. The molecule has 21 nitrogen and oxygen atoms in total.